The first-order valence-electron chi connectivity index (χ1n) is 7.06. The average molecular weight is 318 g/mol. The van der Waals surface area contributed by atoms with Crippen molar-refractivity contribution in [1.82, 2.24) is 4.98 Å². The van der Waals surface area contributed by atoms with Gasteiger partial charge in [-0.2, -0.15) is 0 Å². The number of amides is 1. The summed E-state index contributed by atoms with van der Waals surface area (Å²) in [6.45, 7) is 8.07. The van der Waals surface area contributed by atoms with E-state index < -0.39 is 0 Å². The van der Waals surface area contributed by atoms with E-state index in [-0.39, 0.29) is 11.4 Å². The Morgan fingerprint density at radius 2 is 1.91 bits per heavy atom. The minimum Gasteiger partial charge on any atom is -0.380 e. The Balaban J connectivity index is 2.17. The van der Waals surface area contributed by atoms with Gasteiger partial charge in [-0.1, -0.05) is 11.6 Å². The van der Waals surface area contributed by atoms with Crippen LogP contribution in [0.15, 0.2) is 36.5 Å². The second-order valence-electron chi connectivity index (χ2n) is 6.22. The minimum absolute atomic E-state index is 0.0815. The second-order valence-corrected chi connectivity index (χ2v) is 6.65. The molecule has 0 radical (unpaired) electrons. The number of nitrogens with one attached hydrogen (secondary N) is 2. The number of pyridine rings is 1. The lowest BCUT2D eigenvalue weighted by Crippen LogP contribution is -2.26. The number of aryl methyl sites for hydroxylation is 1. The van der Waals surface area contributed by atoms with Gasteiger partial charge in [0.15, 0.2) is 0 Å². The summed E-state index contributed by atoms with van der Waals surface area (Å²) in [6, 6.07) is 8.92. The molecule has 0 saturated carbocycles. The van der Waals surface area contributed by atoms with E-state index in [0.29, 0.717) is 10.7 Å². The molecule has 0 fully saturated rings. The molecule has 1 aromatic carbocycles. The molecule has 4 nitrogen and oxygen atoms in total. The Kier molecular flexibility index (Phi) is 4.71. The van der Waals surface area contributed by atoms with Crippen LogP contribution in [-0.4, -0.2) is 16.4 Å². The van der Waals surface area contributed by atoms with E-state index in [1.165, 1.54) is 0 Å². The van der Waals surface area contributed by atoms with E-state index >= 15 is 0 Å². The van der Waals surface area contributed by atoms with E-state index in [2.05, 4.69) is 36.4 Å². The van der Waals surface area contributed by atoms with Gasteiger partial charge in [-0.3, -0.25) is 9.78 Å². The maximum Gasteiger partial charge on any atom is 0.274 e. The Hall–Kier alpha value is -2.07. The third kappa shape index (κ3) is 4.46. The molecule has 22 heavy (non-hydrogen) atoms. The van der Waals surface area contributed by atoms with Crippen molar-refractivity contribution in [2.24, 2.45) is 0 Å². The zero-order valence-electron chi connectivity index (χ0n) is 13.2. The standard InChI is InChI=1S/C17H20ClN3O/c1-11-9-12(18)5-6-14(11)20-16(22)15-10-13(7-8-19-15)21-17(2,3)4/h5-10H,1-4H3,(H,19,21)(H,20,22). The predicted octanol–water partition coefficient (Wildman–Crippen LogP) is 4.51. The third-order valence-corrected chi connectivity index (χ3v) is 3.18. The van der Waals surface area contributed by atoms with E-state index in [1.807, 2.05) is 19.1 Å². The summed E-state index contributed by atoms with van der Waals surface area (Å²) < 4.78 is 0. The zero-order chi connectivity index (χ0) is 16.3. The highest BCUT2D eigenvalue weighted by Gasteiger charge is 2.13. The molecule has 0 saturated heterocycles. The summed E-state index contributed by atoms with van der Waals surface area (Å²) in [7, 11) is 0. The largest absolute Gasteiger partial charge is 0.380 e. The SMILES string of the molecule is Cc1cc(Cl)ccc1NC(=O)c1cc(NC(C)(C)C)ccn1. The van der Waals surface area contributed by atoms with E-state index in [1.54, 1.807) is 24.4 Å². The fourth-order valence-corrected chi connectivity index (χ4v) is 2.25. The maximum atomic E-state index is 12.3. The van der Waals surface area contributed by atoms with Gasteiger partial charge in [-0.05, 0) is 63.6 Å². The van der Waals surface area contributed by atoms with Crippen molar-refractivity contribution in [3.63, 3.8) is 0 Å². The Morgan fingerprint density at radius 1 is 1.18 bits per heavy atom. The van der Waals surface area contributed by atoms with Crippen molar-refractivity contribution in [2.45, 2.75) is 33.2 Å². The molecule has 0 aliphatic carbocycles. The molecule has 1 heterocycles. The lowest BCUT2D eigenvalue weighted by molar-refractivity contribution is 0.102. The molecule has 2 aromatic rings. The van der Waals surface area contributed by atoms with Crippen LogP contribution in [0.5, 0.6) is 0 Å². The molecule has 0 unspecified atom stereocenters. The molecule has 0 aliphatic rings. The quantitative estimate of drug-likeness (QED) is 0.876. The summed E-state index contributed by atoms with van der Waals surface area (Å²) >= 11 is 5.92. The number of rotatable bonds is 3. The van der Waals surface area contributed by atoms with Crippen LogP contribution in [-0.2, 0) is 0 Å². The number of hydrogen-bond donors (Lipinski definition) is 2. The molecule has 5 heteroatoms. The first kappa shape index (κ1) is 16.3. The summed E-state index contributed by atoms with van der Waals surface area (Å²) in [4.78, 5) is 16.5. The van der Waals surface area contributed by atoms with Gasteiger partial charge < -0.3 is 10.6 Å². The van der Waals surface area contributed by atoms with Crippen LogP contribution < -0.4 is 10.6 Å². The van der Waals surface area contributed by atoms with Gasteiger partial charge in [0, 0.05) is 28.1 Å². The highest BCUT2D eigenvalue weighted by atomic mass is 35.5. The van der Waals surface area contributed by atoms with Gasteiger partial charge in [0.2, 0.25) is 0 Å². The Labute approximate surface area is 135 Å². The smallest absolute Gasteiger partial charge is 0.274 e. The molecule has 116 valence electrons. The van der Waals surface area contributed by atoms with Crippen LogP contribution in [0.25, 0.3) is 0 Å². The number of hydrogen-bond acceptors (Lipinski definition) is 3. The van der Waals surface area contributed by atoms with Crippen molar-refractivity contribution in [3.05, 3.63) is 52.8 Å². The number of carbonyl (C=O) groups is 1. The van der Waals surface area contributed by atoms with Crippen LogP contribution >= 0.6 is 11.6 Å². The summed E-state index contributed by atoms with van der Waals surface area (Å²) in [5.74, 6) is -0.247. The van der Waals surface area contributed by atoms with E-state index in [4.69, 9.17) is 11.6 Å². The predicted molar refractivity (Wildman–Crippen MR) is 91.8 cm³/mol. The third-order valence-electron chi connectivity index (χ3n) is 2.95. The highest BCUT2D eigenvalue weighted by Crippen LogP contribution is 2.21. The molecule has 1 aromatic heterocycles. The van der Waals surface area contributed by atoms with Crippen LogP contribution in [0.4, 0.5) is 11.4 Å². The highest BCUT2D eigenvalue weighted by molar-refractivity contribution is 6.30. The van der Waals surface area contributed by atoms with Gasteiger partial charge in [-0.15, -0.1) is 0 Å². The first-order chi connectivity index (χ1) is 10.2. The molecule has 0 bridgehead atoms. The van der Waals surface area contributed by atoms with Crippen LogP contribution in [0, 0.1) is 6.92 Å². The van der Waals surface area contributed by atoms with Gasteiger partial charge in [0.1, 0.15) is 5.69 Å². The number of nitrogens with zero attached hydrogens (tertiary/aromatic N) is 1. The summed E-state index contributed by atoms with van der Waals surface area (Å²) in [5, 5.41) is 6.82. The maximum absolute atomic E-state index is 12.3. The lowest BCUT2D eigenvalue weighted by atomic mass is 10.1. The molecule has 0 spiro atoms. The molecule has 2 rings (SSSR count). The van der Waals surface area contributed by atoms with Gasteiger partial charge >= 0.3 is 0 Å². The molecule has 1 amide bonds. The molecule has 0 atom stereocenters. The summed E-state index contributed by atoms with van der Waals surface area (Å²) in [5.41, 5.74) is 2.78. The monoisotopic (exact) mass is 317 g/mol. The summed E-state index contributed by atoms with van der Waals surface area (Å²) in [6.07, 6.45) is 1.62. The van der Waals surface area contributed by atoms with Crippen LogP contribution in [0.3, 0.4) is 0 Å². The fraction of sp³-hybridized carbons (Fsp3) is 0.294. The topological polar surface area (TPSA) is 54.0 Å². The normalized spacial score (nSPS) is 11.1. The van der Waals surface area contributed by atoms with E-state index in [9.17, 15) is 4.79 Å². The van der Waals surface area contributed by atoms with Crippen molar-refractivity contribution in [3.8, 4) is 0 Å². The Morgan fingerprint density at radius 3 is 2.55 bits per heavy atom. The van der Waals surface area contributed by atoms with Gasteiger partial charge in [-0.25, -0.2) is 0 Å². The average Bonchev–Trinajstić information content (AvgIpc) is 2.40. The van der Waals surface area contributed by atoms with Crippen molar-refractivity contribution < 1.29 is 4.79 Å². The molecule has 2 N–H and O–H groups in total. The first-order valence-corrected chi connectivity index (χ1v) is 7.44. The number of halogens is 1. The van der Waals surface area contributed by atoms with Crippen LogP contribution in [0.1, 0.15) is 36.8 Å². The lowest BCUT2D eigenvalue weighted by Gasteiger charge is -2.22. The fourth-order valence-electron chi connectivity index (χ4n) is 2.02. The second kappa shape index (κ2) is 6.36. The number of carbonyl (C=O) groups excluding carboxylic acids is 1. The Bertz CT molecular complexity index is 693. The minimum atomic E-state index is -0.247. The van der Waals surface area contributed by atoms with Crippen molar-refractivity contribution in [2.75, 3.05) is 10.6 Å². The molecular weight excluding hydrogens is 298 g/mol. The van der Waals surface area contributed by atoms with Crippen molar-refractivity contribution >= 4 is 28.9 Å². The van der Waals surface area contributed by atoms with E-state index in [0.717, 1.165) is 16.9 Å². The van der Waals surface area contributed by atoms with Gasteiger partial charge in [0.05, 0.1) is 0 Å². The number of benzene rings is 1. The molecular formula is C17H20ClN3O. The van der Waals surface area contributed by atoms with Crippen LogP contribution in [0.2, 0.25) is 5.02 Å². The zero-order valence-corrected chi connectivity index (χ0v) is 14.0. The number of anilines is 2. The van der Waals surface area contributed by atoms with Crippen molar-refractivity contribution in [1.29, 1.82) is 0 Å². The number of aromatic nitrogens is 1. The van der Waals surface area contributed by atoms with Gasteiger partial charge in [0.25, 0.3) is 5.91 Å². The molecule has 0 aliphatic heterocycles.